The second-order valence-corrected chi connectivity index (χ2v) is 10.6. The molecule has 0 bridgehead atoms. The molecule has 0 saturated heterocycles. The van der Waals surface area contributed by atoms with Gasteiger partial charge in [0, 0.05) is 42.3 Å². The maximum atomic E-state index is 13.1. The molecule has 2 aromatic rings. The average molecular weight is 487 g/mol. The Hall–Kier alpha value is -2.22. The minimum atomic E-state index is -3.59. The molecule has 0 unspecified atom stereocenters. The summed E-state index contributed by atoms with van der Waals surface area (Å²) in [4.78, 5) is 15.2. The Bertz CT molecular complexity index is 1140. The molecule has 0 radical (unpaired) electrons. The van der Waals surface area contributed by atoms with E-state index in [1.54, 1.807) is 31.3 Å². The monoisotopic (exact) mass is 486 g/mol. The fourth-order valence-electron chi connectivity index (χ4n) is 3.91. The lowest BCUT2D eigenvalue weighted by Gasteiger charge is -2.30. The van der Waals surface area contributed by atoms with Gasteiger partial charge in [0.05, 0.1) is 4.90 Å². The number of carbonyl (C=O) groups excluding carboxylic acids is 1. The van der Waals surface area contributed by atoms with Gasteiger partial charge >= 0.3 is 0 Å². The van der Waals surface area contributed by atoms with Crippen molar-refractivity contribution in [2.75, 3.05) is 25.0 Å². The van der Waals surface area contributed by atoms with Crippen LogP contribution in [-0.2, 0) is 21.2 Å². The van der Waals surface area contributed by atoms with Crippen LogP contribution in [0, 0.1) is 0 Å². The van der Waals surface area contributed by atoms with E-state index in [1.807, 2.05) is 35.3 Å². The molecule has 4 rings (SSSR count). The van der Waals surface area contributed by atoms with Gasteiger partial charge in [0.1, 0.15) is 0 Å². The number of benzene rings is 2. The van der Waals surface area contributed by atoms with E-state index in [1.165, 1.54) is 9.87 Å². The standard InChI is InChI=1S/C23H23BrN2O3S/c1-25(30(28,29)21-12-10-20(24)11-13-21)16-17-8-9-19(15-17)23(27)26-14-4-6-18-5-2-3-7-22(18)26/h2-3,5,7-13H,4,6,14-16H2,1H3. The van der Waals surface area contributed by atoms with Gasteiger partial charge in [-0.3, -0.25) is 4.79 Å². The third-order valence-electron chi connectivity index (χ3n) is 5.52. The first-order chi connectivity index (χ1) is 14.4. The van der Waals surface area contributed by atoms with Crippen LogP contribution >= 0.6 is 15.9 Å². The summed E-state index contributed by atoms with van der Waals surface area (Å²) in [6, 6.07) is 14.6. The van der Waals surface area contributed by atoms with Gasteiger partial charge in [0.15, 0.2) is 0 Å². The summed E-state index contributed by atoms with van der Waals surface area (Å²) in [6.07, 6.45) is 6.11. The molecule has 0 fully saturated rings. The molecule has 156 valence electrons. The van der Waals surface area contributed by atoms with Crippen molar-refractivity contribution >= 4 is 37.5 Å². The maximum absolute atomic E-state index is 13.1. The predicted molar refractivity (Wildman–Crippen MR) is 122 cm³/mol. The number of amides is 1. The summed E-state index contributed by atoms with van der Waals surface area (Å²) >= 11 is 3.32. The number of likely N-dealkylation sites (N-methyl/N-ethyl adjacent to an activating group) is 1. The molecule has 1 aliphatic heterocycles. The normalized spacial score (nSPS) is 16.3. The summed E-state index contributed by atoms with van der Waals surface area (Å²) < 4.78 is 27.8. The number of halogens is 1. The van der Waals surface area contributed by atoms with Crippen LogP contribution in [0.5, 0.6) is 0 Å². The van der Waals surface area contributed by atoms with Crippen molar-refractivity contribution < 1.29 is 13.2 Å². The maximum Gasteiger partial charge on any atom is 0.254 e. The topological polar surface area (TPSA) is 57.7 Å². The second kappa shape index (κ2) is 8.49. The Morgan fingerprint density at radius 1 is 1.10 bits per heavy atom. The number of hydrogen-bond acceptors (Lipinski definition) is 3. The zero-order chi connectivity index (χ0) is 21.3. The van der Waals surface area contributed by atoms with Crippen molar-refractivity contribution in [1.82, 2.24) is 4.31 Å². The van der Waals surface area contributed by atoms with Crippen LogP contribution in [-0.4, -0.2) is 38.8 Å². The lowest BCUT2D eigenvalue weighted by molar-refractivity contribution is -0.115. The van der Waals surface area contributed by atoms with Gasteiger partial charge in [-0.15, -0.1) is 0 Å². The van der Waals surface area contributed by atoms with Crippen molar-refractivity contribution in [3.8, 4) is 0 Å². The highest BCUT2D eigenvalue weighted by Crippen LogP contribution is 2.31. The number of hydrogen-bond donors (Lipinski definition) is 0. The van der Waals surface area contributed by atoms with Crippen molar-refractivity contribution in [2.24, 2.45) is 0 Å². The van der Waals surface area contributed by atoms with E-state index in [0.717, 1.165) is 28.6 Å². The average Bonchev–Trinajstić information content (AvgIpc) is 3.21. The summed E-state index contributed by atoms with van der Waals surface area (Å²) in [7, 11) is -2.02. The fraction of sp³-hybridized carbons (Fsp3) is 0.261. The molecule has 0 atom stereocenters. The van der Waals surface area contributed by atoms with Gasteiger partial charge in [-0.25, -0.2) is 8.42 Å². The number of carbonyl (C=O) groups is 1. The molecule has 0 aromatic heterocycles. The molecule has 30 heavy (non-hydrogen) atoms. The Morgan fingerprint density at radius 2 is 1.83 bits per heavy atom. The van der Waals surface area contributed by atoms with Gasteiger partial charge in [0.2, 0.25) is 10.0 Å². The van der Waals surface area contributed by atoms with Crippen molar-refractivity contribution in [3.63, 3.8) is 0 Å². The smallest absolute Gasteiger partial charge is 0.254 e. The van der Waals surface area contributed by atoms with Gasteiger partial charge in [-0.2, -0.15) is 4.31 Å². The Balaban J connectivity index is 1.42. The highest BCUT2D eigenvalue weighted by atomic mass is 79.9. The first-order valence-corrected chi connectivity index (χ1v) is 12.1. The van der Waals surface area contributed by atoms with Gasteiger partial charge < -0.3 is 4.90 Å². The minimum Gasteiger partial charge on any atom is -0.308 e. The lowest BCUT2D eigenvalue weighted by Crippen LogP contribution is -2.36. The summed E-state index contributed by atoms with van der Waals surface area (Å²) in [5, 5.41) is 0. The predicted octanol–water partition coefficient (Wildman–Crippen LogP) is 4.31. The van der Waals surface area contributed by atoms with Crippen LogP contribution in [0.4, 0.5) is 5.69 Å². The summed E-state index contributed by atoms with van der Waals surface area (Å²) in [6.45, 7) is 0.961. The first kappa shape index (κ1) is 21.0. The molecule has 5 nitrogen and oxygen atoms in total. The molecule has 2 aliphatic rings. The second-order valence-electron chi connectivity index (χ2n) is 7.60. The fourth-order valence-corrected chi connectivity index (χ4v) is 5.35. The summed E-state index contributed by atoms with van der Waals surface area (Å²) in [5.74, 6) is 0.00631. The van der Waals surface area contributed by atoms with E-state index < -0.39 is 10.0 Å². The van der Waals surface area contributed by atoms with Gasteiger partial charge in [0.25, 0.3) is 5.91 Å². The van der Waals surface area contributed by atoms with E-state index in [0.29, 0.717) is 18.5 Å². The molecular weight excluding hydrogens is 464 g/mol. The quantitative estimate of drug-likeness (QED) is 0.632. The van der Waals surface area contributed by atoms with Gasteiger partial charge in [-0.1, -0.05) is 51.9 Å². The van der Waals surface area contributed by atoms with E-state index in [2.05, 4.69) is 22.0 Å². The zero-order valence-electron chi connectivity index (χ0n) is 16.7. The first-order valence-electron chi connectivity index (χ1n) is 9.86. The number of fused-ring (bicyclic) bond motifs is 1. The number of allylic oxidation sites excluding steroid dienone is 2. The van der Waals surface area contributed by atoms with Crippen molar-refractivity contribution in [1.29, 1.82) is 0 Å². The molecule has 0 N–H and O–H groups in total. The largest absolute Gasteiger partial charge is 0.308 e. The molecule has 2 aromatic carbocycles. The number of para-hydroxylation sites is 1. The van der Waals surface area contributed by atoms with Crippen LogP contribution in [0.3, 0.4) is 0 Å². The van der Waals surface area contributed by atoms with Crippen LogP contribution in [0.2, 0.25) is 0 Å². The molecule has 0 saturated carbocycles. The third kappa shape index (κ3) is 4.15. The van der Waals surface area contributed by atoms with Gasteiger partial charge in [-0.05, 0) is 48.7 Å². The molecule has 7 heteroatoms. The highest BCUT2D eigenvalue weighted by molar-refractivity contribution is 9.10. The minimum absolute atomic E-state index is 0.00631. The Morgan fingerprint density at radius 3 is 2.60 bits per heavy atom. The SMILES string of the molecule is CN(CC1=CC=C(C(=O)N2CCCc3ccccc32)C1)S(=O)(=O)c1ccc(Br)cc1. The number of aryl methyl sites for hydroxylation is 1. The van der Waals surface area contributed by atoms with E-state index >= 15 is 0 Å². The van der Waals surface area contributed by atoms with Crippen LogP contribution < -0.4 is 4.90 Å². The molecule has 1 aliphatic carbocycles. The summed E-state index contributed by atoms with van der Waals surface area (Å²) in [5.41, 5.74) is 3.80. The van der Waals surface area contributed by atoms with E-state index in [4.69, 9.17) is 0 Å². The van der Waals surface area contributed by atoms with Crippen LogP contribution in [0.15, 0.2) is 81.2 Å². The number of nitrogens with zero attached hydrogens (tertiary/aromatic N) is 2. The van der Waals surface area contributed by atoms with Crippen molar-refractivity contribution in [2.45, 2.75) is 24.2 Å². The lowest BCUT2D eigenvalue weighted by atomic mass is 10.0. The molecule has 1 amide bonds. The Kier molecular flexibility index (Phi) is 5.95. The number of rotatable bonds is 5. The van der Waals surface area contributed by atoms with E-state index in [-0.39, 0.29) is 17.3 Å². The van der Waals surface area contributed by atoms with Crippen molar-refractivity contribution in [3.05, 3.63) is 81.9 Å². The zero-order valence-corrected chi connectivity index (χ0v) is 19.1. The number of anilines is 1. The third-order valence-corrected chi connectivity index (χ3v) is 7.86. The number of sulfonamides is 1. The van der Waals surface area contributed by atoms with Crippen LogP contribution in [0.1, 0.15) is 18.4 Å². The Labute approximate surface area is 185 Å². The molecule has 0 spiro atoms. The highest BCUT2D eigenvalue weighted by Gasteiger charge is 2.28. The molecular formula is C23H23BrN2O3S. The van der Waals surface area contributed by atoms with Crippen LogP contribution in [0.25, 0.3) is 0 Å². The van der Waals surface area contributed by atoms with E-state index in [9.17, 15) is 13.2 Å². The molecule has 1 heterocycles.